The van der Waals surface area contributed by atoms with Gasteiger partial charge in [0.15, 0.2) is 0 Å². The minimum atomic E-state index is -3.43. The van der Waals surface area contributed by atoms with Crippen molar-refractivity contribution in [1.82, 2.24) is 9.62 Å². The average Bonchev–Trinajstić information content (AvgIpc) is 3.05. The molecule has 1 N–H and O–H groups in total. The summed E-state index contributed by atoms with van der Waals surface area (Å²) in [7, 11) is -0.385. The van der Waals surface area contributed by atoms with Crippen LogP contribution in [0, 0.1) is 0 Å². The van der Waals surface area contributed by atoms with Crippen LogP contribution in [-0.2, 0) is 20.6 Å². The summed E-state index contributed by atoms with van der Waals surface area (Å²) in [6.07, 6.45) is 4.54. The van der Waals surface area contributed by atoms with E-state index in [1.807, 2.05) is 13.0 Å². The van der Waals surface area contributed by atoms with Gasteiger partial charge in [0.2, 0.25) is 15.9 Å². The number of hydrogen-bond donors (Lipinski definition) is 1. The largest absolute Gasteiger partial charge is 0.352 e. The van der Waals surface area contributed by atoms with Gasteiger partial charge in [0, 0.05) is 25.9 Å². The van der Waals surface area contributed by atoms with Gasteiger partial charge in [-0.25, -0.2) is 12.7 Å². The lowest BCUT2D eigenvalue weighted by Gasteiger charge is -2.17. The Morgan fingerprint density at radius 2 is 2.00 bits per heavy atom. The van der Waals surface area contributed by atoms with Gasteiger partial charge in [0.25, 0.3) is 0 Å². The van der Waals surface area contributed by atoms with Crippen LogP contribution in [0.4, 0.5) is 0 Å². The summed E-state index contributed by atoms with van der Waals surface area (Å²) in [5.41, 5.74) is 0.906. The van der Waals surface area contributed by atoms with Crippen LogP contribution in [0.25, 0.3) is 0 Å². The van der Waals surface area contributed by atoms with Gasteiger partial charge in [-0.2, -0.15) is 0 Å². The van der Waals surface area contributed by atoms with Crippen LogP contribution < -0.4 is 5.32 Å². The molecule has 1 amide bonds. The molecule has 1 atom stereocenters. The molecule has 1 aromatic rings. The Morgan fingerprint density at radius 3 is 2.62 bits per heavy atom. The molecule has 5 nitrogen and oxygen atoms in total. The van der Waals surface area contributed by atoms with E-state index in [2.05, 4.69) is 5.32 Å². The third-order valence-electron chi connectivity index (χ3n) is 4.25. The van der Waals surface area contributed by atoms with Gasteiger partial charge >= 0.3 is 0 Å². The molecule has 0 aliphatic heterocycles. The van der Waals surface area contributed by atoms with Crippen molar-refractivity contribution >= 4 is 27.7 Å². The van der Waals surface area contributed by atoms with Crippen LogP contribution in [0.1, 0.15) is 38.2 Å². The van der Waals surface area contributed by atoms with Crippen molar-refractivity contribution in [2.45, 2.75) is 54.5 Å². The van der Waals surface area contributed by atoms with Crippen LogP contribution in [0.15, 0.2) is 29.2 Å². The van der Waals surface area contributed by atoms with Gasteiger partial charge in [-0.3, -0.25) is 4.79 Å². The van der Waals surface area contributed by atoms with Gasteiger partial charge in [-0.05, 0) is 37.5 Å². The Morgan fingerprint density at radius 1 is 1.33 bits per heavy atom. The fourth-order valence-electron chi connectivity index (χ4n) is 2.69. The number of hydrogen-bond acceptors (Lipinski definition) is 4. The van der Waals surface area contributed by atoms with Crippen molar-refractivity contribution in [2.24, 2.45) is 0 Å². The van der Waals surface area contributed by atoms with Crippen LogP contribution in [0.2, 0.25) is 0 Å². The molecule has 0 radical (unpaired) electrons. The number of rotatable bonds is 7. The van der Waals surface area contributed by atoms with Crippen molar-refractivity contribution in [2.75, 3.05) is 14.1 Å². The molecule has 1 aromatic carbocycles. The zero-order valence-corrected chi connectivity index (χ0v) is 16.1. The van der Waals surface area contributed by atoms with E-state index >= 15 is 0 Å². The molecule has 0 aromatic heterocycles. The number of carbonyl (C=O) groups excluding carboxylic acids is 1. The van der Waals surface area contributed by atoms with Crippen LogP contribution >= 0.6 is 11.8 Å². The zero-order chi connectivity index (χ0) is 17.7. The van der Waals surface area contributed by atoms with E-state index in [1.54, 1.807) is 18.2 Å². The molecule has 1 aliphatic rings. The average molecular weight is 371 g/mol. The highest BCUT2D eigenvalue weighted by Crippen LogP contribution is 2.23. The lowest BCUT2D eigenvalue weighted by molar-refractivity contribution is -0.120. The second kappa shape index (κ2) is 8.36. The van der Waals surface area contributed by atoms with Gasteiger partial charge in [0.1, 0.15) is 0 Å². The molecular weight excluding hydrogens is 344 g/mol. The highest BCUT2D eigenvalue weighted by Gasteiger charge is 2.21. The standard InChI is InChI=1S/C17H26N2O3S2/c1-13(17(20)18-15-8-4-5-9-15)23-12-14-7-6-10-16(11-14)24(21,22)19(2)3/h6-7,10-11,13,15H,4-5,8-9,12H2,1-3H3,(H,18,20)/t13-/m1/s1. The molecule has 0 spiro atoms. The SMILES string of the molecule is C[C@@H](SCc1cccc(S(=O)(=O)N(C)C)c1)C(=O)NC1CCCC1. The summed E-state index contributed by atoms with van der Waals surface area (Å²) < 4.78 is 25.6. The number of carbonyl (C=O) groups is 1. The smallest absolute Gasteiger partial charge is 0.242 e. The molecule has 0 heterocycles. The summed E-state index contributed by atoms with van der Waals surface area (Å²) in [5.74, 6) is 0.680. The number of thioether (sulfide) groups is 1. The summed E-state index contributed by atoms with van der Waals surface area (Å²) in [6.45, 7) is 1.90. The summed E-state index contributed by atoms with van der Waals surface area (Å²) >= 11 is 1.53. The van der Waals surface area contributed by atoms with E-state index in [1.165, 1.54) is 43.0 Å². The first-order valence-corrected chi connectivity index (χ1v) is 10.7. The minimum Gasteiger partial charge on any atom is -0.352 e. The number of amides is 1. The summed E-state index contributed by atoms with van der Waals surface area (Å²) in [4.78, 5) is 12.5. The van der Waals surface area contributed by atoms with Crippen molar-refractivity contribution in [3.05, 3.63) is 29.8 Å². The van der Waals surface area contributed by atoms with E-state index in [0.717, 1.165) is 18.4 Å². The molecule has 7 heteroatoms. The van der Waals surface area contributed by atoms with Gasteiger partial charge < -0.3 is 5.32 Å². The van der Waals surface area contributed by atoms with Crippen molar-refractivity contribution in [3.8, 4) is 0 Å². The fraction of sp³-hybridized carbons (Fsp3) is 0.588. The van der Waals surface area contributed by atoms with E-state index in [-0.39, 0.29) is 16.1 Å². The number of nitrogens with zero attached hydrogens (tertiary/aromatic N) is 1. The maximum absolute atomic E-state index is 12.2. The van der Waals surface area contributed by atoms with Crippen LogP contribution in [0.5, 0.6) is 0 Å². The summed E-state index contributed by atoms with van der Waals surface area (Å²) in [6, 6.07) is 7.25. The lowest BCUT2D eigenvalue weighted by atomic mass is 10.2. The number of benzene rings is 1. The highest BCUT2D eigenvalue weighted by atomic mass is 32.2. The van der Waals surface area contributed by atoms with E-state index in [0.29, 0.717) is 11.8 Å². The number of sulfonamides is 1. The Balaban J connectivity index is 1.93. The molecule has 0 bridgehead atoms. The molecule has 24 heavy (non-hydrogen) atoms. The third-order valence-corrected chi connectivity index (χ3v) is 7.27. The zero-order valence-electron chi connectivity index (χ0n) is 14.5. The summed E-state index contributed by atoms with van der Waals surface area (Å²) in [5, 5.41) is 2.95. The lowest BCUT2D eigenvalue weighted by Crippen LogP contribution is -2.37. The minimum absolute atomic E-state index is 0.0731. The number of nitrogens with one attached hydrogen (secondary N) is 1. The van der Waals surface area contributed by atoms with Crippen LogP contribution in [-0.4, -0.2) is 44.0 Å². The molecule has 1 aliphatic carbocycles. The molecule has 1 saturated carbocycles. The molecule has 1 fully saturated rings. The normalized spacial score (nSPS) is 17.2. The fourth-order valence-corrected chi connectivity index (χ4v) is 4.51. The maximum Gasteiger partial charge on any atom is 0.242 e. The topological polar surface area (TPSA) is 66.5 Å². The Kier molecular flexibility index (Phi) is 6.71. The van der Waals surface area contributed by atoms with Crippen molar-refractivity contribution < 1.29 is 13.2 Å². The second-order valence-electron chi connectivity index (χ2n) is 6.38. The molecule has 2 rings (SSSR count). The van der Waals surface area contributed by atoms with E-state index in [4.69, 9.17) is 0 Å². The molecule has 0 saturated heterocycles. The monoisotopic (exact) mass is 370 g/mol. The Labute approximate surface area is 149 Å². The first-order valence-electron chi connectivity index (χ1n) is 8.24. The molecular formula is C17H26N2O3S2. The predicted octanol–water partition coefficient (Wildman–Crippen LogP) is 2.62. The maximum atomic E-state index is 12.2. The quantitative estimate of drug-likeness (QED) is 0.801. The first-order chi connectivity index (χ1) is 11.3. The highest BCUT2D eigenvalue weighted by molar-refractivity contribution is 7.99. The molecule has 0 unspecified atom stereocenters. The van der Waals surface area contributed by atoms with Gasteiger partial charge in [-0.1, -0.05) is 25.0 Å². The van der Waals surface area contributed by atoms with Crippen LogP contribution in [0.3, 0.4) is 0 Å². The third kappa shape index (κ3) is 4.97. The van der Waals surface area contributed by atoms with E-state index in [9.17, 15) is 13.2 Å². The van der Waals surface area contributed by atoms with Crippen molar-refractivity contribution in [3.63, 3.8) is 0 Å². The van der Waals surface area contributed by atoms with Gasteiger partial charge in [0.05, 0.1) is 10.1 Å². The molecule has 134 valence electrons. The Hall–Kier alpha value is -1.05. The first kappa shape index (κ1) is 19.3. The van der Waals surface area contributed by atoms with Crippen molar-refractivity contribution in [1.29, 1.82) is 0 Å². The Bertz CT molecular complexity index is 668. The second-order valence-corrected chi connectivity index (χ2v) is 9.86. The van der Waals surface area contributed by atoms with Gasteiger partial charge in [-0.15, -0.1) is 11.8 Å². The van der Waals surface area contributed by atoms with E-state index < -0.39 is 10.0 Å². The predicted molar refractivity (Wildman–Crippen MR) is 98.5 cm³/mol.